The van der Waals surface area contributed by atoms with Crippen molar-refractivity contribution < 1.29 is 9.53 Å². The van der Waals surface area contributed by atoms with Crippen LogP contribution in [-0.4, -0.2) is 15.3 Å². The summed E-state index contributed by atoms with van der Waals surface area (Å²) in [5, 5.41) is 9.67. The standard InChI is InChI=1S/C19H13ClN4O3/c1-11-8-13(5-6-15(11)20)27-18-14(9-12(10-21)17(22)25)19(26)24-7-3-2-4-16(24)23-18/h2-9H,1H3,(H2,22,25). The van der Waals surface area contributed by atoms with E-state index < -0.39 is 11.5 Å². The SMILES string of the molecule is Cc1cc(Oc2nc3ccccn3c(=O)c2C=C(C#N)C(N)=O)ccc1Cl. The van der Waals surface area contributed by atoms with E-state index in [9.17, 15) is 9.59 Å². The number of halogens is 1. The molecule has 0 bridgehead atoms. The highest BCUT2D eigenvalue weighted by atomic mass is 35.5. The van der Waals surface area contributed by atoms with Crippen molar-refractivity contribution in [3.05, 3.63) is 74.7 Å². The second-order valence-electron chi connectivity index (χ2n) is 5.61. The maximum atomic E-state index is 12.9. The molecule has 0 fully saturated rings. The van der Waals surface area contributed by atoms with Crippen LogP contribution in [0.5, 0.6) is 11.6 Å². The largest absolute Gasteiger partial charge is 0.438 e. The van der Waals surface area contributed by atoms with Crippen molar-refractivity contribution in [1.82, 2.24) is 9.38 Å². The molecule has 0 aliphatic rings. The fourth-order valence-electron chi connectivity index (χ4n) is 2.38. The number of aryl methyl sites for hydroxylation is 1. The van der Waals surface area contributed by atoms with Crippen molar-refractivity contribution in [1.29, 1.82) is 5.26 Å². The quantitative estimate of drug-likeness (QED) is 0.552. The molecule has 0 radical (unpaired) electrons. The molecule has 0 spiro atoms. The van der Waals surface area contributed by atoms with Gasteiger partial charge >= 0.3 is 0 Å². The first-order chi connectivity index (χ1) is 12.9. The van der Waals surface area contributed by atoms with Crippen LogP contribution in [0.4, 0.5) is 0 Å². The van der Waals surface area contributed by atoms with Gasteiger partial charge in [0.25, 0.3) is 11.5 Å². The van der Waals surface area contributed by atoms with E-state index >= 15 is 0 Å². The van der Waals surface area contributed by atoms with Gasteiger partial charge in [0.2, 0.25) is 5.88 Å². The normalized spacial score (nSPS) is 11.2. The summed E-state index contributed by atoms with van der Waals surface area (Å²) in [5.74, 6) is -0.610. The van der Waals surface area contributed by atoms with Crippen molar-refractivity contribution in [3.8, 4) is 17.7 Å². The highest BCUT2D eigenvalue weighted by Gasteiger charge is 2.16. The molecule has 27 heavy (non-hydrogen) atoms. The number of amides is 1. The van der Waals surface area contributed by atoms with E-state index in [1.165, 1.54) is 10.6 Å². The minimum atomic E-state index is -0.955. The number of nitrogens with two attached hydrogens (primary N) is 1. The van der Waals surface area contributed by atoms with Gasteiger partial charge in [-0.1, -0.05) is 17.7 Å². The number of nitrogens with zero attached hydrogens (tertiary/aromatic N) is 3. The Labute approximate surface area is 158 Å². The molecule has 0 saturated carbocycles. The van der Waals surface area contributed by atoms with Crippen LogP contribution in [0.25, 0.3) is 11.7 Å². The molecule has 0 aliphatic carbocycles. The number of rotatable bonds is 4. The average molecular weight is 381 g/mol. The van der Waals surface area contributed by atoms with Crippen LogP contribution >= 0.6 is 11.6 Å². The number of carbonyl (C=O) groups is 1. The minimum absolute atomic E-state index is 0.0538. The van der Waals surface area contributed by atoms with Crippen molar-refractivity contribution in [2.24, 2.45) is 5.73 Å². The zero-order chi connectivity index (χ0) is 19.6. The molecule has 2 N–H and O–H groups in total. The molecule has 3 aromatic rings. The minimum Gasteiger partial charge on any atom is -0.438 e. The number of ether oxygens (including phenoxy) is 1. The third kappa shape index (κ3) is 3.66. The number of hydrogen-bond donors (Lipinski definition) is 1. The Kier molecular flexibility index (Phi) is 4.92. The summed E-state index contributed by atoms with van der Waals surface area (Å²) in [7, 11) is 0. The first-order valence-corrected chi connectivity index (χ1v) is 8.15. The molecule has 7 nitrogen and oxygen atoms in total. The second-order valence-corrected chi connectivity index (χ2v) is 6.02. The first kappa shape index (κ1) is 18.2. The molecule has 1 aromatic carbocycles. The Balaban J connectivity index is 2.24. The summed E-state index contributed by atoms with van der Waals surface area (Å²) in [4.78, 5) is 28.6. The summed E-state index contributed by atoms with van der Waals surface area (Å²) in [6.07, 6.45) is 2.60. The van der Waals surface area contributed by atoms with Gasteiger partial charge < -0.3 is 10.5 Å². The molecule has 3 rings (SSSR count). The monoisotopic (exact) mass is 380 g/mol. The maximum absolute atomic E-state index is 12.9. The smallest absolute Gasteiger partial charge is 0.269 e. The molecule has 1 amide bonds. The van der Waals surface area contributed by atoms with Gasteiger partial charge in [0.1, 0.15) is 28.6 Å². The van der Waals surface area contributed by atoms with Gasteiger partial charge in [0.05, 0.1) is 0 Å². The Hall–Kier alpha value is -3.63. The summed E-state index contributed by atoms with van der Waals surface area (Å²) < 4.78 is 7.05. The highest BCUT2D eigenvalue weighted by Crippen LogP contribution is 2.27. The van der Waals surface area contributed by atoms with Gasteiger partial charge in [-0.25, -0.2) is 0 Å². The predicted octanol–water partition coefficient (Wildman–Crippen LogP) is 2.84. The summed E-state index contributed by atoms with van der Waals surface area (Å²) in [6, 6.07) is 11.6. The van der Waals surface area contributed by atoms with E-state index in [0.29, 0.717) is 16.4 Å². The summed E-state index contributed by atoms with van der Waals surface area (Å²) in [6.45, 7) is 1.81. The third-order valence-electron chi connectivity index (χ3n) is 3.75. The van der Waals surface area contributed by atoms with Gasteiger partial charge in [-0.15, -0.1) is 0 Å². The van der Waals surface area contributed by atoms with E-state index in [4.69, 9.17) is 27.3 Å². The van der Waals surface area contributed by atoms with Crippen LogP contribution in [0.2, 0.25) is 5.02 Å². The molecule has 0 aliphatic heterocycles. The Morgan fingerprint density at radius 1 is 1.37 bits per heavy atom. The molecule has 2 aromatic heterocycles. The summed E-state index contributed by atoms with van der Waals surface area (Å²) >= 11 is 6.02. The lowest BCUT2D eigenvalue weighted by atomic mass is 10.2. The third-order valence-corrected chi connectivity index (χ3v) is 4.18. The highest BCUT2D eigenvalue weighted by molar-refractivity contribution is 6.31. The van der Waals surface area contributed by atoms with Crippen molar-refractivity contribution in [2.75, 3.05) is 0 Å². The zero-order valence-electron chi connectivity index (χ0n) is 14.1. The van der Waals surface area contributed by atoms with Crippen molar-refractivity contribution in [3.63, 3.8) is 0 Å². The lowest BCUT2D eigenvalue weighted by Gasteiger charge is -2.11. The van der Waals surface area contributed by atoms with Crippen molar-refractivity contribution >= 4 is 29.2 Å². The number of hydrogen-bond acceptors (Lipinski definition) is 5. The predicted molar refractivity (Wildman–Crippen MR) is 101 cm³/mol. The first-order valence-electron chi connectivity index (χ1n) is 7.77. The molecule has 0 unspecified atom stereocenters. The van der Waals surface area contributed by atoms with Crippen LogP contribution in [-0.2, 0) is 4.79 Å². The van der Waals surface area contributed by atoms with E-state index in [1.54, 1.807) is 49.4 Å². The number of pyridine rings is 1. The molecule has 0 saturated heterocycles. The Bertz CT molecular complexity index is 1190. The lowest BCUT2D eigenvalue weighted by molar-refractivity contribution is -0.114. The van der Waals surface area contributed by atoms with Gasteiger partial charge in [-0.3, -0.25) is 14.0 Å². The van der Waals surface area contributed by atoms with E-state index in [0.717, 1.165) is 11.6 Å². The van der Waals surface area contributed by atoms with Gasteiger partial charge in [-0.2, -0.15) is 10.2 Å². The molecule has 0 atom stereocenters. The van der Waals surface area contributed by atoms with E-state index in [1.807, 2.05) is 0 Å². The van der Waals surface area contributed by atoms with Crippen molar-refractivity contribution in [2.45, 2.75) is 6.92 Å². The second kappa shape index (κ2) is 7.32. The van der Waals surface area contributed by atoms with Crippen LogP contribution in [0.3, 0.4) is 0 Å². The molecule has 2 heterocycles. The van der Waals surface area contributed by atoms with Gasteiger partial charge in [0.15, 0.2) is 0 Å². The number of primary amides is 1. The average Bonchev–Trinajstić information content (AvgIpc) is 2.64. The van der Waals surface area contributed by atoms with Crippen LogP contribution < -0.4 is 16.0 Å². The molecule has 134 valence electrons. The topological polar surface area (TPSA) is 110 Å². The Morgan fingerprint density at radius 3 is 2.81 bits per heavy atom. The van der Waals surface area contributed by atoms with Gasteiger partial charge in [0, 0.05) is 11.2 Å². The molecule has 8 heteroatoms. The Morgan fingerprint density at radius 2 is 2.15 bits per heavy atom. The lowest BCUT2D eigenvalue weighted by Crippen LogP contribution is -2.20. The number of nitriles is 1. The van der Waals surface area contributed by atoms with E-state index in [-0.39, 0.29) is 17.0 Å². The fraction of sp³-hybridized carbons (Fsp3) is 0.0526. The number of fused-ring (bicyclic) bond motifs is 1. The summed E-state index contributed by atoms with van der Waals surface area (Å²) in [5.41, 5.74) is 5.34. The number of benzene rings is 1. The zero-order valence-corrected chi connectivity index (χ0v) is 14.9. The molecular formula is C19H13ClN4O3. The van der Waals surface area contributed by atoms with Crippen LogP contribution in [0, 0.1) is 18.3 Å². The van der Waals surface area contributed by atoms with E-state index in [2.05, 4.69) is 4.98 Å². The van der Waals surface area contributed by atoms with Gasteiger partial charge in [-0.05, 0) is 48.9 Å². The number of carbonyl (C=O) groups excluding carboxylic acids is 1. The molecular weight excluding hydrogens is 368 g/mol. The van der Waals surface area contributed by atoms with Crippen LogP contribution in [0.1, 0.15) is 11.1 Å². The fourth-order valence-corrected chi connectivity index (χ4v) is 2.50. The van der Waals surface area contributed by atoms with Crippen LogP contribution in [0.15, 0.2) is 53.0 Å². The maximum Gasteiger partial charge on any atom is 0.269 e. The number of aromatic nitrogens is 2.